The van der Waals surface area contributed by atoms with Crippen molar-refractivity contribution >= 4 is 11.8 Å². The van der Waals surface area contributed by atoms with Crippen molar-refractivity contribution in [1.82, 2.24) is 10.1 Å². The molecule has 1 fully saturated rings. The second kappa shape index (κ2) is 10.7. The number of amides is 1. The molecular formula is C27H33N3O4. The number of morpholine rings is 1. The van der Waals surface area contributed by atoms with Gasteiger partial charge in [0.2, 0.25) is 5.88 Å². The van der Waals surface area contributed by atoms with Crippen molar-refractivity contribution in [2.75, 3.05) is 38.3 Å². The second-order valence-electron chi connectivity index (χ2n) is 8.67. The quantitative estimate of drug-likeness (QED) is 0.472. The zero-order valence-corrected chi connectivity index (χ0v) is 20.4. The molecule has 3 aromatic rings. The molecule has 1 saturated heterocycles. The Labute approximate surface area is 201 Å². The molecule has 4 rings (SSSR count). The molecule has 0 unspecified atom stereocenters. The SMILES string of the molecule is CC[C@@H](C)N(Cc1c(-c2cccc(C)c2)noc1N1CCOCC1)C(=O)c1ccccc1OC. The molecule has 0 saturated carbocycles. The molecule has 2 aromatic carbocycles. The summed E-state index contributed by atoms with van der Waals surface area (Å²) in [7, 11) is 1.59. The normalized spacial score (nSPS) is 14.6. The number of hydrogen-bond acceptors (Lipinski definition) is 6. The predicted octanol–water partition coefficient (Wildman–Crippen LogP) is 4.94. The summed E-state index contributed by atoms with van der Waals surface area (Å²) in [6, 6.07) is 15.6. The lowest BCUT2D eigenvalue weighted by Crippen LogP contribution is -2.40. The van der Waals surface area contributed by atoms with Gasteiger partial charge in [0.1, 0.15) is 11.4 Å². The van der Waals surface area contributed by atoms with Gasteiger partial charge in [-0.2, -0.15) is 0 Å². The van der Waals surface area contributed by atoms with Crippen molar-refractivity contribution in [3.63, 3.8) is 0 Å². The summed E-state index contributed by atoms with van der Waals surface area (Å²) in [5.41, 5.74) is 4.35. The first-order chi connectivity index (χ1) is 16.5. The molecule has 180 valence electrons. The number of ether oxygens (including phenoxy) is 2. The molecule has 2 heterocycles. The average Bonchev–Trinajstić information content (AvgIpc) is 3.30. The Hall–Kier alpha value is -3.32. The third-order valence-corrected chi connectivity index (χ3v) is 6.41. The number of carbonyl (C=O) groups is 1. The van der Waals surface area contributed by atoms with Crippen LogP contribution in [0, 0.1) is 6.92 Å². The Bertz CT molecular complexity index is 1120. The fourth-order valence-electron chi connectivity index (χ4n) is 4.27. The topological polar surface area (TPSA) is 68.0 Å². The molecule has 1 atom stereocenters. The molecule has 0 N–H and O–H groups in total. The number of hydrogen-bond donors (Lipinski definition) is 0. The number of aromatic nitrogens is 1. The van der Waals surface area contributed by atoms with Crippen molar-refractivity contribution in [3.8, 4) is 17.0 Å². The van der Waals surface area contributed by atoms with E-state index < -0.39 is 0 Å². The highest BCUT2D eigenvalue weighted by molar-refractivity contribution is 5.97. The Morgan fingerprint density at radius 3 is 2.65 bits per heavy atom. The number of benzene rings is 2. The van der Waals surface area contributed by atoms with Crippen LogP contribution in [-0.2, 0) is 11.3 Å². The van der Waals surface area contributed by atoms with Gasteiger partial charge in [-0.25, -0.2) is 0 Å². The number of aryl methyl sites for hydroxylation is 1. The van der Waals surface area contributed by atoms with Gasteiger partial charge in [0, 0.05) is 24.7 Å². The summed E-state index contributed by atoms with van der Waals surface area (Å²) in [6.45, 7) is 9.31. The van der Waals surface area contributed by atoms with E-state index in [0.29, 0.717) is 37.0 Å². The molecule has 0 spiro atoms. The standard InChI is InChI=1S/C27H33N3O4/c1-5-20(3)30(26(31)22-11-6-7-12-24(22)32-4)18-23-25(21-10-8-9-19(2)17-21)28-34-27(23)29-13-15-33-16-14-29/h6-12,17,20H,5,13-16,18H2,1-4H3/t20-/m1/s1. The first kappa shape index (κ1) is 23.8. The molecule has 0 bridgehead atoms. The lowest BCUT2D eigenvalue weighted by molar-refractivity contribution is 0.0668. The van der Waals surface area contributed by atoms with Crippen LogP contribution in [-0.4, -0.2) is 55.4 Å². The van der Waals surface area contributed by atoms with Crippen LogP contribution < -0.4 is 9.64 Å². The maximum atomic E-state index is 13.8. The monoisotopic (exact) mass is 463 g/mol. The third kappa shape index (κ3) is 4.94. The smallest absolute Gasteiger partial charge is 0.258 e. The van der Waals surface area contributed by atoms with Crippen molar-refractivity contribution < 1.29 is 18.8 Å². The van der Waals surface area contributed by atoms with E-state index in [-0.39, 0.29) is 11.9 Å². The maximum absolute atomic E-state index is 13.8. The Balaban J connectivity index is 1.78. The van der Waals surface area contributed by atoms with Gasteiger partial charge in [-0.1, -0.05) is 48.0 Å². The largest absolute Gasteiger partial charge is 0.496 e. The summed E-state index contributed by atoms with van der Waals surface area (Å²) in [6.07, 6.45) is 0.818. The summed E-state index contributed by atoms with van der Waals surface area (Å²) >= 11 is 0. The minimum atomic E-state index is -0.0730. The van der Waals surface area contributed by atoms with Crippen molar-refractivity contribution in [2.24, 2.45) is 0 Å². The Morgan fingerprint density at radius 2 is 1.94 bits per heavy atom. The molecule has 0 aliphatic carbocycles. The summed E-state index contributed by atoms with van der Waals surface area (Å²) < 4.78 is 17.0. The van der Waals surface area contributed by atoms with Gasteiger partial charge in [-0.15, -0.1) is 0 Å². The fraction of sp³-hybridized carbons (Fsp3) is 0.407. The van der Waals surface area contributed by atoms with E-state index >= 15 is 0 Å². The molecule has 1 amide bonds. The minimum Gasteiger partial charge on any atom is -0.496 e. The highest BCUT2D eigenvalue weighted by Crippen LogP contribution is 2.34. The molecule has 0 radical (unpaired) electrons. The van der Waals surface area contributed by atoms with E-state index in [1.165, 1.54) is 0 Å². The van der Waals surface area contributed by atoms with E-state index in [0.717, 1.165) is 41.9 Å². The van der Waals surface area contributed by atoms with Crippen molar-refractivity contribution in [1.29, 1.82) is 0 Å². The maximum Gasteiger partial charge on any atom is 0.258 e. The van der Waals surface area contributed by atoms with Crippen LogP contribution in [0.1, 0.15) is 41.8 Å². The van der Waals surface area contributed by atoms with Crippen LogP contribution in [0.5, 0.6) is 5.75 Å². The van der Waals surface area contributed by atoms with Gasteiger partial charge in [-0.05, 0) is 38.5 Å². The van der Waals surface area contributed by atoms with Crippen LogP contribution in [0.4, 0.5) is 5.88 Å². The predicted molar refractivity (Wildman–Crippen MR) is 132 cm³/mol. The van der Waals surface area contributed by atoms with E-state index in [1.807, 2.05) is 41.3 Å². The summed E-state index contributed by atoms with van der Waals surface area (Å²) in [5.74, 6) is 1.20. The number of carbonyl (C=O) groups excluding carboxylic acids is 1. The third-order valence-electron chi connectivity index (χ3n) is 6.41. The molecular weight excluding hydrogens is 430 g/mol. The van der Waals surface area contributed by atoms with Crippen LogP contribution in [0.2, 0.25) is 0 Å². The second-order valence-corrected chi connectivity index (χ2v) is 8.67. The van der Waals surface area contributed by atoms with Gasteiger partial charge in [0.05, 0.1) is 38.0 Å². The Kier molecular flexibility index (Phi) is 7.53. The van der Waals surface area contributed by atoms with Crippen LogP contribution in [0.25, 0.3) is 11.3 Å². The van der Waals surface area contributed by atoms with Crippen LogP contribution >= 0.6 is 0 Å². The van der Waals surface area contributed by atoms with Gasteiger partial charge in [0.15, 0.2) is 0 Å². The van der Waals surface area contributed by atoms with E-state index in [4.69, 9.17) is 14.0 Å². The average molecular weight is 464 g/mol. The molecule has 7 nitrogen and oxygen atoms in total. The highest BCUT2D eigenvalue weighted by atomic mass is 16.5. The fourth-order valence-corrected chi connectivity index (χ4v) is 4.27. The number of methoxy groups -OCH3 is 1. The van der Waals surface area contributed by atoms with Gasteiger partial charge < -0.3 is 23.8 Å². The minimum absolute atomic E-state index is 0.00945. The van der Waals surface area contributed by atoms with E-state index in [1.54, 1.807) is 7.11 Å². The van der Waals surface area contributed by atoms with Crippen molar-refractivity contribution in [3.05, 3.63) is 65.2 Å². The number of anilines is 1. The number of nitrogens with zero attached hydrogens (tertiary/aromatic N) is 3. The van der Waals surface area contributed by atoms with Gasteiger partial charge in [-0.3, -0.25) is 4.79 Å². The summed E-state index contributed by atoms with van der Waals surface area (Å²) in [5, 5.41) is 4.49. The molecule has 1 aliphatic rings. The number of para-hydroxylation sites is 1. The van der Waals surface area contributed by atoms with Crippen LogP contribution in [0.15, 0.2) is 53.1 Å². The molecule has 7 heteroatoms. The van der Waals surface area contributed by atoms with Gasteiger partial charge >= 0.3 is 0 Å². The van der Waals surface area contributed by atoms with E-state index in [2.05, 4.69) is 43.0 Å². The lowest BCUT2D eigenvalue weighted by atomic mass is 10.0. The van der Waals surface area contributed by atoms with Gasteiger partial charge in [0.25, 0.3) is 5.91 Å². The lowest BCUT2D eigenvalue weighted by Gasteiger charge is -2.31. The first-order valence-corrected chi connectivity index (χ1v) is 11.9. The summed E-state index contributed by atoms with van der Waals surface area (Å²) in [4.78, 5) is 17.9. The number of rotatable bonds is 8. The zero-order chi connectivity index (χ0) is 24.1. The molecule has 34 heavy (non-hydrogen) atoms. The van der Waals surface area contributed by atoms with E-state index in [9.17, 15) is 4.79 Å². The molecule has 1 aliphatic heterocycles. The Morgan fingerprint density at radius 1 is 1.18 bits per heavy atom. The zero-order valence-electron chi connectivity index (χ0n) is 20.4. The molecule has 1 aromatic heterocycles. The first-order valence-electron chi connectivity index (χ1n) is 11.9. The highest BCUT2D eigenvalue weighted by Gasteiger charge is 2.30. The van der Waals surface area contributed by atoms with Crippen LogP contribution in [0.3, 0.4) is 0 Å². The van der Waals surface area contributed by atoms with Crippen molar-refractivity contribution in [2.45, 2.75) is 39.8 Å².